The molecule has 25 heavy (non-hydrogen) atoms. The van der Waals surface area contributed by atoms with Crippen LogP contribution in [0.3, 0.4) is 0 Å². The minimum absolute atomic E-state index is 0.163. The van der Waals surface area contributed by atoms with Crippen molar-refractivity contribution in [2.45, 2.75) is 6.54 Å². The lowest BCUT2D eigenvalue weighted by atomic mass is 10.1. The molecule has 8 nitrogen and oxygen atoms in total. The number of morpholine rings is 1. The third-order valence-electron chi connectivity index (χ3n) is 4.31. The number of hydrogen-bond acceptors (Lipinski definition) is 5. The van der Waals surface area contributed by atoms with E-state index in [1.807, 2.05) is 6.07 Å². The first-order valence-corrected chi connectivity index (χ1v) is 8.27. The van der Waals surface area contributed by atoms with Gasteiger partial charge in [0.1, 0.15) is 13.2 Å². The summed E-state index contributed by atoms with van der Waals surface area (Å²) in [6.07, 6.45) is 0. The summed E-state index contributed by atoms with van der Waals surface area (Å²) in [5.74, 6) is 1.29. The number of nitrogens with one attached hydrogen (secondary N) is 2. The monoisotopic (exact) mass is 345 g/mol. The van der Waals surface area contributed by atoms with Gasteiger partial charge in [-0.05, 0) is 12.1 Å². The van der Waals surface area contributed by atoms with Gasteiger partial charge >= 0.3 is 6.03 Å². The predicted molar refractivity (Wildman–Crippen MR) is 90.2 cm³/mol. The maximum atomic E-state index is 12.3. The van der Waals surface area contributed by atoms with E-state index in [9.17, 15) is 9.59 Å². The van der Waals surface area contributed by atoms with Gasteiger partial charge in [-0.15, -0.1) is 0 Å². The smallest absolute Gasteiger partial charge is 0.317 e. The van der Waals surface area contributed by atoms with Crippen molar-refractivity contribution in [2.24, 2.45) is 0 Å². The molecule has 8 heteroatoms. The van der Waals surface area contributed by atoms with Crippen molar-refractivity contribution < 1.29 is 19.0 Å². The van der Waals surface area contributed by atoms with Crippen LogP contribution in [0.4, 0.5) is 4.79 Å². The largest absolute Gasteiger partial charge is 0.486 e. The Bertz CT molecular complexity index is 857. The zero-order chi connectivity index (χ0) is 17.2. The molecular formula is C17H19N3O5. The molecule has 0 radical (unpaired) electrons. The lowest BCUT2D eigenvalue weighted by molar-refractivity contribution is 0.0531. The second-order valence-electron chi connectivity index (χ2n) is 5.96. The van der Waals surface area contributed by atoms with Gasteiger partial charge in [-0.1, -0.05) is 0 Å². The first-order chi connectivity index (χ1) is 12.2. The minimum Gasteiger partial charge on any atom is -0.486 e. The molecule has 0 bridgehead atoms. The summed E-state index contributed by atoms with van der Waals surface area (Å²) in [4.78, 5) is 28.9. The molecule has 2 N–H and O–H groups in total. The fraction of sp³-hybridized carbons (Fsp3) is 0.412. The van der Waals surface area contributed by atoms with E-state index in [1.54, 1.807) is 17.0 Å². The molecule has 132 valence electrons. The van der Waals surface area contributed by atoms with Gasteiger partial charge in [0.2, 0.25) is 0 Å². The number of nitrogens with zero attached hydrogens (tertiary/aromatic N) is 1. The number of pyridine rings is 1. The molecular weight excluding hydrogens is 326 g/mol. The van der Waals surface area contributed by atoms with Gasteiger partial charge in [0.15, 0.2) is 11.5 Å². The SMILES string of the molecule is O=C(NCc1cc2cc3c(cc2[nH]c1=O)OCCO3)N1CCOCC1. The summed E-state index contributed by atoms with van der Waals surface area (Å²) in [7, 11) is 0. The molecule has 4 rings (SSSR count). The van der Waals surface area contributed by atoms with Crippen LogP contribution in [-0.2, 0) is 11.3 Å². The van der Waals surface area contributed by atoms with Crippen molar-refractivity contribution in [2.75, 3.05) is 39.5 Å². The van der Waals surface area contributed by atoms with Gasteiger partial charge < -0.3 is 29.4 Å². The summed E-state index contributed by atoms with van der Waals surface area (Å²) >= 11 is 0. The number of aromatic amines is 1. The first kappa shape index (κ1) is 15.8. The Balaban J connectivity index is 1.54. The zero-order valence-electron chi connectivity index (χ0n) is 13.7. The van der Waals surface area contributed by atoms with Crippen LogP contribution in [0.25, 0.3) is 10.9 Å². The average Bonchev–Trinajstić information content (AvgIpc) is 2.65. The van der Waals surface area contributed by atoms with E-state index in [2.05, 4.69) is 10.3 Å². The summed E-state index contributed by atoms with van der Waals surface area (Å²) in [5.41, 5.74) is 0.940. The average molecular weight is 345 g/mol. The highest BCUT2D eigenvalue weighted by Gasteiger charge is 2.17. The third-order valence-corrected chi connectivity index (χ3v) is 4.31. The van der Waals surface area contributed by atoms with Crippen LogP contribution in [0, 0.1) is 0 Å². The summed E-state index contributed by atoms with van der Waals surface area (Å²) in [6, 6.07) is 5.19. The molecule has 1 aromatic carbocycles. The molecule has 0 spiro atoms. The fourth-order valence-corrected chi connectivity index (χ4v) is 2.97. The van der Waals surface area contributed by atoms with Crippen molar-refractivity contribution in [3.05, 3.63) is 34.1 Å². The quantitative estimate of drug-likeness (QED) is 0.841. The molecule has 2 aliphatic rings. The van der Waals surface area contributed by atoms with Crippen molar-refractivity contribution >= 4 is 16.9 Å². The van der Waals surface area contributed by atoms with Crippen LogP contribution in [0.2, 0.25) is 0 Å². The van der Waals surface area contributed by atoms with E-state index in [4.69, 9.17) is 14.2 Å². The molecule has 2 aromatic rings. The van der Waals surface area contributed by atoms with Gasteiger partial charge in [0.05, 0.1) is 18.7 Å². The van der Waals surface area contributed by atoms with Gasteiger partial charge in [0.25, 0.3) is 5.56 Å². The van der Waals surface area contributed by atoms with Crippen molar-refractivity contribution in [3.8, 4) is 11.5 Å². The van der Waals surface area contributed by atoms with Crippen LogP contribution in [0.1, 0.15) is 5.56 Å². The number of rotatable bonds is 2. The molecule has 0 saturated carbocycles. The summed E-state index contributed by atoms with van der Waals surface area (Å²) in [6.45, 7) is 3.36. The molecule has 2 amide bonds. The van der Waals surface area contributed by atoms with Crippen molar-refractivity contribution in [3.63, 3.8) is 0 Å². The number of urea groups is 1. The highest BCUT2D eigenvalue weighted by Crippen LogP contribution is 2.33. The number of H-pyrrole nitrogens is 1. The normalized spacial score (nSPS) is 16.7. The Hall–Kier alpha value is -2.74. The van der Waals surface area contributed by atoms with Crippen LogP contribution in [-0.4, -0.2) is 55.4 Å². The molecule has 1 fully saturated rings. The molecule has 2 aliphatic heterocycles. The number of aromatic nitrogens is 1. The minimum atomic E-state index is -0.230. The molecule has 3 heterocycles. The fourth-order valence-electron chi connectivity index (χ4n) is 2.97. The summed E-state index contributed by atoms with van der Waals surface area (Å²) < 4.78 is 16.3. The lowest BCUT2D eigenvalue weighted by Crippen LogP contribution is -2.46. The number of amides is 2. The number of carbonyl (C=O) groups is 1. The van der Waals surface area contributed by atoms with E-state index in [0.29, 0.717) is 62.1 Å². The highest BCUT2D eigenvalue weighted by atomic mass is 16.6. The Labute approximate surface area is 143 Å². The molecule has 0 unspecified atom stereocenters. The topological polar surface area (TPSA) is 92.9 Å². The van der Waals surface area contributed by atoms with Gasteiger partial charge in [0, 0.05) is 36.7 Å². The lowest BCUT2D eigenvalue weighted by Gasteiger charge is -2.26. The van der Waals surface area contributed by atoms with Crippen LogP contribution in [0.15, 0.2) is 23.0 Å². The van der Waals surface area contributed by atoms with Gasteiger partial charge in [-0.25, -0.2) is 4.79 Å². The number of fused-ring (bicyclic) bond motifs is 2. The Morgan fingerprint density at radius 1 is 1.08 bits per heavy atom. The van der Waals surface area contributed by atoms with Gasteiger partial charge in [-0.3, -0.25) is 4.79 Å². The van der Waals surface area contributed by atoms with E-state index < -0.39 is 0 Å². The Kier molecular flexibility index (Phi) is 4.19. The molecule has 1 aromatic heterocycles. The number of ether oxygens (including phenoxy) is 3. The van der Waals surface area contributed by atoms with Gasteiger partial charge in [-0.2, -0.15) is 0 Å². The number of hydrogen-bond donors (Lipinski definition) is 2. The highest BCUT2D eigenvalue weighted by molar-refractivity contribution is 5.83. The second kappa shape index (κ2) is 6.64. The second-order valence-corrected chi connectivity index (χ2v) is 5.96. The van der Waals surface area contributed by atoms with E-state index in [0.717, 1.165) is 5.39 Å². The van der Waals surface area contributed by atoms with Crippen LogP contribution in [0.5, 0.6) is 11.5 Å². The molecule has 0 aliphatic carbocycles. The van der Waals surface area contributed by atoms with Crippen LogP contribution >= 0.6 is 0 Å². The van der Waals surface area contributed by atoms with Crippen LogP contribution < -0.4 is 20.3 Å². The third kappa shape index (κ3) is 3.25. The number of benzene rings is 1. The standard InChI is InChI=1S/C17H19N3O5/c21-16-12(10-18-17(22)20-1-3-23-4-2-20)7-11-8-14-15(9-13(11)19-16)25-6-5-24-14/h7-9H,1-6,10H2,(H,18,22)(H,19,21). The van der Waals surface area contributed by atoms with E-state index in [1.165, 1.54) is 0 Å². The Morgan fingerprint density at radius 2 is 1.80 bits per heavy atom. The predicted octanol–water partition coefficient (Wildman–Crippen LogP) is 0.841. The Morgan fingerprint density at radius 3 is 2.56 bits per heavy atom. The first-order valence-electron chi connectivity index (χ1n) is 8.27. The summed E-state index contributed by atoms with van der Waals surface area (Å²) in [5, 5.41) is 3.62. The van der Waals surface area contributed by atoms with E-state index in [-0.39, 0.29) is 18.1 Å². The van der Waals surface area contributed by atoms with E-state index >= 15 is 0 Å². The molecule has 1 saturated heterocycles. The van der Waals surface area contributed by atoms with Crippen molar-refractivity contribution in [1.82, 2.24) is 15.2 Å². The molecule has 0 atom stereocenters. The maximum absolute atomic E-state index is 12.3. The zero-order valence-corrected chi connectivity index (χ0v) is 13.7. The van der Waals surface area contributed by atoms with Crippen molar-refractivity contribution in [1.29, 1.82) is 0 Å². The maximum Gasteiger partial charge on any atom is 0.317 e. The number of carbonyl (C=O) groups excluding carboxylic acids is 1.